The predicted octanol–water partition coefficient (Wildman–Crippen LogP) is 1.67. The van der Waals surface area contributed by atoms with Gasteiger partial charge in [-0.05, 0) is 31.6 Å². The molecule has 60 valence electrons. The fourth-order valence-electron chi connectivity index (χ4n) is 2.34. The quantitative estimate of drug-likeness (QED) is 0.580. The summed E-state index contributed by atoms with van der Waals surface area (Å²) < 4.78 is 0. The molecule has 2 aliphatic carbocycles. The van der Waals surface area contributed by atoms with Crippen LogP contribution in [0.5, 0.6) is 0 Å². The number of carbonyl (C=O) groups is 1. The molecule has 0 heterocycles. The number of hydrogen-bond donors (Lipinski definition) is 1. The van der Waals surface area contributed by atoms with E-state index >= 15 is 0 Å². The summed E-state index contributed by atoms with van der Waals surface area (Å²) in [4.78, 5) is 10.9. The van der Waals surface area contributed by atoms with E-state index in [1.54, 1.807) is 0 Å². The van der Waals surface area contributed by atoms with Gasteiger partial charge in [-0.1, -0.05) is 12.2 Å². The van der Waals surface area contributed by atoms with Gasteiger partial charge in [-0.25, -0.2) is 0 Å². The second kappa shape index (κ2) is 1.87. The second-order valence-corrected chi connectivity index (χ2v) is 3.91. The van der Waals surface area contributed by atoms with Gasteiger partial charge < -0.3 is 5.11 Å². The molecule has 11 heavy (non-hydrogen) atoms. The Bertz CT molecular complexity index is 232. The van der Waals surface area contributed by atoms with E-state index in [2.05, 4.69) is 12.2 Å². The number of hydrogen-bond acceptors (Lipinski definition) is 1. The lowest BCUT2D eigenvalue weighted by Gasteiger charge is -2.25. The summed E-state index contributed by atoms with van der Waals surface area (Å²) in [5, 5.41) is 8.96. The van der Waals surface area contributed by atoms with Gasteiger partial charge in [0.1, 0.15) is 0 Å². The van der Waals surface area contributed by atoms with E-state index in [1.807, 2.05) is 6.92 Å². The molecule has 2 heteroatoms. The molecule has 0 unspecified atom stereocenters. The van der Waals surface area contributed by atoms with Crippen molar-refractivity contribution in [2.45, 2.75) is 19.8 Å². The fourth-order valence-corrected chi connectivity index (χ4v) is 2.34. The Morgan fingerprint density at radius 1 is 1.64 bits per heavy atom. The SMILES string of the molecule is C[C@@]1(C(=O)O)C[C@@H]2C=C[C@@H]1C2. The topological polar surface area (TPSA) is 37.3 Å². The first-order valence-electron chi connectivity index (χ1n) is 4.04. The number of carboxylic acids is 1. The zero-order chi connectivity index (χ0) is 8.06. The van der Waals surface area contributed by atoms with Crippen LogP contribution in [0.1, 0.15) is 19.8 Å². The lowest BCUT2D eigenvalue weighted by atomic mass is 9.78. The Morgan fingerprint density at radius 2 is 2.36 bits per heavy atom. The van der Waals surface area contributed by atoms with Crippen molar-refractivity contribution in [3.63, 3.8) is 0 Å². The summed E-state index contributed by atoms with van der Waals surface area (Å²) in [6.07, 6.45) is 6.13. The largest absolute Gasteiger partial charge is 0.481 e. The highest BCUT2D eigenvalue weighted by Crippen LogP contribution is 2.51. The Kier molecular flexibility index (Phi) is 1.17. The fraction of sp³-hybridized carbons (Fsp3) is 0.667. The Labute approximate surface area is 65.9 Å². The molecular weight excluding hydrogens is 140 g/mol. The van der Waals surface area contributed by atoms with Crippen LogP contribution in [0.2, 0.25) is 0 Å². The third-order valence-electron chi connectivity index (χ3n) is 3.17. The summed E-state index contributed by atoms with van der Waals surface area (Å²) in [5.74, 6) is 0.209. The maximum Gasteiger partial charge on any atom is 0.309 e. The zero-order valence-electron chi connectivity index (χ0n) is 6.58. The number of rotatable bonds is 1. The predicted molar refractivity (Wildman–Crippen MR) is 41.1 cm³/mol. The van der Waals surface area contributed by atoms with Crippen LogP contribution in [0.15, 0.2) is 12.2 Å². The van der Waals surface area contributed by atoms with Crippen LogP contribution in [-0.2, 0) is 4.79 Å². The molecule has 0 aromatic carbocycles. The van der Waals surface area contributed by atoms with E-state index in [0.29, 0.717) is 11.8 Å². The van der Waals surface area contributed by atoms with Crippen LogP contribution in [0.4, 0.5) is 0 Å². The lowest BCUT2D eigenvalue weighted by Crippen LogP contribution is -2.31. The molecule has 2 nitrogen and oxygen atoms in total. The third kappa shape index (κ3) is 0.753. The monoisotopic (exact) mass is 152 g/mol. The molecule has 1 saturated carbocycles. The first-order valence-corrected chi connectivity index (χ1v) is 4.04. The van der Waals surface area contributed by atoms with Gasteiger partial charge in [-0.15, -0.1) is 0 Å². The van der Waals surface area contributed by atoms with Crippen molar-refractivity contribution in [3.8, 4) is 0 Å². The summed E-state index contributed by atoms with van der Waals surface area (Å²) in [6, 6.07) is 0. The van der Waals surface area contributed by atoms with Crippen molar-refractivity contribution in [2.24, 2.45) is 17.3 Å². The molecule has 0 aromatic heterocycles. The van der Waals surface area contributed by atoms with E-state index < -0.39 is 11.4 Å². The van der Waals surface area contributed by atoms with Crippen molar-refractivity contribution in [2.75, 3.05) is 0 Å². The van der Waals surface area contributed by atoms with Gasteiger partial charge >= 0.3 is 5.97 Å². The van der Waals surface area contributed by atoms with Gasteiger partial charge in [0.25, 0.3) is 0 Å². The van der Waals surface area contributed by atoms with E-state index in [4.69, 9.17) is 5.11 Å². The molecule has 0 aliphatic heterocycles. The van der Waals surface area contributed by atoms with Crippen LogP contribution < -0.4 is 0 Å². The average Bonchev–Trinajstić information content (AvgIpc) is 2.45. The summed E-state index contributed by atoms with van der Waals surface area (Å²) in [6.45, 7) is 1.86. The number of carboxylic acid groups (broad SMARTS) is 1. The van der Waals surface area contributed by atoms with E-state index in [0.717, 1.165) is 12.8 Å². The number of aliphatic carboxylic acids is 1. The second-order valence-electron chi connectivity index (χ2n) is 3.91. The molecular formula is C9H12O2. The maximum absolute atomic E-state index is 10.9. The molecule has 0 saturated heterocycles. The molecule has 1 fully saturated rings. The molecule has 2 aliphatic rings. The minimum atomic E-state index is -0.630. The first kappa shape index (κ1) is 6.89. The highest BCUT2D eigenvalue weighted by molar-refractivity contribution is 5.76. The molecule has 3 atom stereocenters. The average molecular weight is 152 g/mol. The molecule has 1 N–H and O–H groups in total. The molecule has 2 bridgehead atoms. The standard InChI is InChI=1S/C9H12O2/c1-9(8(10)11)5-6-2-3-7(9)4-6/h2-3,6-7H,4-5H2,1H3,(H,10,11)/t6-,7-,9-/m1/s1. The Hall–Kier alpha value is -0.790. The van der Waals surface area contributed by atoms with Gasteiger partial charge in [0.05, 0.1) is 5.41 Å². The van der Waals surface area contributed by atoms with Crippen LogP contribution in [-0.4, -0.2) is 11.1 Å². The summed E-state index contributed by atoms with van der Waals surface area (Å²) in [5.41, 5.74) is -0.459. The summed E-state index contributed by atoms with van der Waals surface area (Å²) >= 11 is 0. The minimum absolute atomic E-state index is 0.296. The Morgan fingerprint density at radius 3 is 2.64 bits per heavy atom. The van der Waals surface area contributed by atoms with Crippen LogP contribution >= 0.6 is 0 Å². The van der Waals surface area contributed by atoms with Gasteiger partial charge in [-0.3, -0.25) is 4.79 Å². The van der Waals surface area contributed by atoms with Gasteiger partial charge in [0, 0.05) is 0 Å². The zero-order valence-corrected chi connectivity index (χ0v) is 6.58. The van der Waals surface area contributed by atoms with Gasteiger partial charge in [-0.2, -0.15) is 0 Å². The lowest BCUT2D eigenvalue weighted by molar-refractivity contribution is -0.149. The highest BCUT2D eigenvalue weighted by atomic mass is 16.4. The third-order valence-corrected chi connectivity index (χ3v) is 3.17. The van der Waals surface area contributed by atoms with Crippen LogP contribution in [0.3, 0.4) is 0 Å². The van der Waals surface area contributed by atoms with Crippen molar-refractivity contribution in [3.05, 3.63) is 12.2 Å². The normalized spacial score (nSPS) is 46.6. The smallest absolute Gasteiger partial charge is 0.309 e. The molecule has 0 radical (unpaired) electrons. The van der Waals surface area contributed by atoms with E-state index in [-0.39, 0.29) is 0 Å². The molecule has 2 rings (SSSR count). The van der Waals surface area contributed by atoms with Crippen LogP contribution in [0.25, 0.3) is 0 Å². The maximum atomic E-state index is 10.9. The molecule has 0 aromatic rings. The van der Waals surface area contributed by atoms with Crippen LogP contribution in [0, 0.1) is 17.3 Å². The highest BCUT2D eigenvalue weighted by Gasteiger charge is 2.50. The van der Waals surface area contributed by atoms with E-state index in [9.17, 15) is 4.79 Å². The van der Waals surface area contributed by atoms with E-state index in [1.165, 1.54) is 0 Å². The van der Waals surface area contributed by atoms with Crippen molar-refractivity contribution >= 4 is 5.97 Å². The van der Waals surface area contributed by atoms with Crippen molar-refractivity contribution < 1.29 is 9.90 Å². The summed E-state index contributed by atoms with van der Waals surface area (Å²) in [7, 11) is 0. The number of fused-ring (bicyclic) bond motifs is 2. The van der Waals surface area contributed by atoms with Gasteiger partial charge in [0.2, 0.25) is 0 Å². The number of allylic oxidation sites excluding steroid dienone is 2. The first-order chi connectivity index (χ1) is 5.13. The van der Waals surface area contributed by atoms with Gasteiger partial charge in [0.15, 0.2) is 0 Å². The molecule has 0 amide bonds. The minimum Gasteiger partial charge on any atom is -0.481 e. The van der Waals surface area contributed by atoms with Crippen molar-refractivity contribution in [1.29, 1.82) is 0 Å². The Balaban J connectivity index is 2.30. The van der Waals surface area contributed by atoms with Crippen molar-refractivity contribution in [1.82, 2.24) is 0 Å². The molecule has 0 spiro atoms.